The van der Waals surface area contributed by atoms with Crippen LogP contribution in [0, 0.1) is 11.8 Å². The van der Waals surface area contributed by atoms with Crippen LogP contribution in [-0.2, 0) is 4.79 Å². The molecule has 4 nitrogen and oxygen atoms in total. The number of carbonyl (C=O) groups excluding carboxylic acids is 1. The van der Waals surface area contributed by atoms with Gasteiger partial charge in [0.05, 0.1) is 12.2 Å². The van der Waals surface area contributed by atoms with E-state index in [0.717, 1.165) is 31.7 Å². The van der Waals surface area contributed by atoms with Crippen LogP contribution in [0.5, 0.6) is 0 Å². The second-order valence-corrected chi connectivity index (χ2v) is 7.60. The maximum absolute atomic E-state index is 12.9. The fraction of sp³-hybridized carbons (Fsp3) is 0.941. The molecule has 4 saturated heterocycles. The van der Waals surface area contributed by atoms with Crippen molar-refractivity contribution in [3.8, 4) is 0 Å². The third-order valence-corrected chi connectivity index (χ3v) is 5.53. The highest BCUT2D eigenvalue weighted by Crippen LogP contribution is 2.34. The Morgan fingerprint density at radius 3 is 2.52 bits per heavy atom. The molecule has 0 aromatic carbocycles. The van der Waals surface area contributed by atoms with Crippen molar-refractivity contribution in [1.29, 1.82) is 0 Å². The van der Waals surface area contributed by atoms with Gasteiger partial charge in [0.2, 0.25) is 5.91 Å². The fourth-order valence-corrected chi connectivity index (χ4v) is 4.50. The van der Waals surface area contributed by atoms with E-state index in [-0.39, 0.29) is 12.2 Å². The molecule has 4 heterocycles. The standard InChI is InChI=1S/C17H31N3O/c1-4-5-16-18-14(10-12(2)3)17(21)20(16)15-11-19-8-6-13(15)7-9-19/h12-16,18H,4-11H2,1-3H3. The molecule has 1 amide bonds. The molecule has 3 atom stereocenters. The van der Waals surface area contributed by atoms with E-state index in [9.17, 15) is 4.79 Å². The molecule has 0 aromatic rings. The summed E-state index contributed by atoms with van der Waals surface area (Å²) in [5, 5.41) is 3.64. The molecule has 0 radical (unpaired) electrons. The first-order valence-corrected chi connectivity index (χ1v) is 8.90. The van der Waals surface area contributed by atoms with E-state index in [1.54, 1.807) is 0 Å². The summed E-state index contributed by atoms with van der Waals surface area (Å²) in [6.45, 7) is 10.2. The van der Waals surface area contributed by atoms with Gasteiger partial charge in [-0.1, -0.05) is 27.2 Å². The summed E-state index contributed by atoms with van der Waals surface area (Å²) in [5.74, 6) is 1.68. The summed E-state index contributed by atoms with van der Waals surface area (Å²) in [6.07, 6.45) is 6.03. The van der Waals surface area contributed by atoms with Crippen molar-refractivity contribution in [2.24, 2.45) is 11.8 Å². The average Bonchev–Trinajstić information content (AvgIpc) is 2.76. The SMILES string of the molecule is CCCC1NC(CC(C)C)C(=O)N1C1CN2CCC1CC2. The van der Waals surface area contributed by atoms with Gasteiger partial charge in [-0.2, -0.15) is 0 Å². The molecule has 0 aromatic heterocycles. The summed E-state index contributed by atoms with van der Waals surface area (Å²) in [4.78, 5) is 17.8. The van der Waals surface area contributed by atoms with E-state index in [4.69, 9.17) is 0 Å². The minimum absolute atomic E-state index is 0.0528. The molecule has 4 heteroatoms. The summed E-state index contributed by atoms with van der Waals surface area (Å²) in [7, 11) is 0. The third-order valence-electron chi connectivity index (χ3n) is 5.53. The zero-order valence-electron chi connectivity index (χ0n) is 13.8. The molecule has 0 aliphatic carbocycles. The van der Waals surface area contributed by atoms with Gasteiger partial charge in [-0.3, -0.25) is 10.1 Å². The van der Waals surface area contributed by atoms with Crippen LogP contribution in [0.3, 0.4) is 0 Å². The first-order valence-electron chi connectivity index (χ1n) is 8.90. The molecule has 120 valence electrons. The van der Waals surface area contributed by atoms with E-state index >= 15 is 0 Å². The molecule has 4 aliphatic rings. The second-order valence-electron chi connectivity index (χ2n) is 7.60. The molecule has 4 rings (SSSR count). The molecule has 21 heavy (non-hydrogen) atoms. The first-order chi connectivity index (χ1) is 10.1. The van der Waals surface area contributed by atoms with Gasteiger partial charge in [-0.05, 0) is 50.6 Å². The van der Waals surface area contributed by atoms with Crippen molar-refractivity contribution >= 4 is 5.91 Å². The molecular weight excluding hydrogens is 262 g/mol. The summed E-state index contributed by atoms with van der Waals surface area (Å²) in [5.41, 5.74) is 0. The molecule has 0 spiro atoms. The van der Waals surface area contributed by atoms with Gasteiger partial charge in [-0.25, -0.2) is 0 Å². The summed E-state index contributed by atoms with van der Waals surface area (Å²) in [6, 6.07) is 0.512. The third kappa shape index (κ3) is 2.98. The van der Waals surface area contributed by atoms with Gasteiger partial charge in [-0.15, -0.1) is 0 Å². The van der Waals surface area contributed by atoms with Crippen LogP contribution in [0.4, 0.5) is 0 Å². The Hall–Kier alpha value is -0.610. The van der Waals surface area contributed by atoms with Crippen LogP contribution in [0.2, 0.25) is 0 Å². The number of rotatable bonds is 5. The van der Waals surface area contributed by atoms with Gasteiger partial charge in [0.1, 0.15) is 0 Å². The van der Waals surface area contributed by atoms with Gasteiger partial charge >= 0.3 is 0 Å². The molecule has 0 saturated carbocycles. The van der Waals surface area contributed by atoms with Crippen molar-refractivity contribution < 1.29 is 4.79 Å². The van der Waals surface area contributed by atoms with E-state index in [0.29, 0.717) is 17.9 Å². The molecule has 3 unspecified atom stereocenters. The Balaban J connectivity index is 1.75. The minimum atomic E-state index is 0.0528. The highest BCUT2D eigenvalue weighted by Gasteiger charge is 2.47. The maximum Gasteiger partial charge on any atom is 0.241 e. The number of fused-ring (bicyclic) bond motifs is 3. The summed E-state index contributed by atoms with van der Waals surface area (Å²) < 4.78 is 0. The van der Waals surface area contributed by atoms with Crippen LogP contribution in [0.25, 0.3) is 0 Å². The lowest BCUT2D eigenvalue weighted by molar-refractivity contribution is -0.137. The van der Waals surface area contributed by atoms with Gasteiger partial charge in [0.25, 0.3) is 0 Å². The number of hydrogen-bond acceptors (Lipinski definition) is 3. The molecule has 4 fully saturated rings. The zero-order valence-corrected chi connectivity index (χ0v) is 13.8. The second kappa shape index (κ2) is 6.25. The van der Waals surface area contributed by atoms with Crippen molar-refractivity contribution in [2.75, 3.05) is 19.6 Å². The van der Waals surface area contributed by atoms with Crippen LogP contribution in [-0.4, -0.2) is 53.6 Å². The van der Waals surface area contributed by atoms with E-state index in [1.807, 2.05) is 0 Å². The largest absolute Gasteiger partial charge is 0.321 e. The Morgan fingerprint density at radius 1 is 1.29 bits per heavy atom. The smallest absolute Gasteiger partial charge is 0.241 e. The lowest BCUT2D eigenvalue weighted by atomic mass is 9.82. The minimum Gasteiger partial charge on any atom is -0.321 e. The van der Waals surface area contributed by atoms with Gasteiger partial charge in [0, 0.05) is 12.6 Å². The number of amides is 1. The highest BCUT2D eigenvalue weighted by atomic mass is 16.2. The fourth-order valence-electron chi connectivity index (χ4n) is 4.50. The van der Waals surface area contributed by atoms with Crippen molar-refractivity contribution in [3.05, 3.63) is 0 Å². The Labute approximate surface area is 129 Å². The lowest BCUT2D eigenvalue weighted by Gasteiger charge is -2.49. The summed E-state index contributed by atoms with van der Waals surface area (Å²) >= 11 is 0. The van der Waals surface area contributed by atoms with Crippen molar-refractivity contribution in [1.82, 2.24) is 15.1 Å². The normalized spacial score (nSPS) is 39.5. The topological polar surface area (TPSA) is 35.6 Å². The predicted molar refractivity (Wildman–Crippen MR) is 84.9 cm³/mol. The zero-order chi connectivity index (χ0) is 15.0. The number of nitrogens with zero attached hydrogens (tertiary/aromatic N) is 2. The Bertz CT molecular complexity index is 376. The van der Waals surface area contributed by atoms with Crippen LogP contribution in [0.1, 0.15) is 52.9 Å². The van der Waals surface area contributed by atoms with E-state index < -0.39 is 0 Å². The quantitative estimate of drug-likeness (QED) is 0.843. The Morgan fingerprint density at radius 2 is 2.00 bits per heavy atom. The van der Waals surface area contributed by atoms with Crippen LogP contribution >= 0.6 is 0 Å². The van der Waals surface area contributed by atoms with Crippen molar-refractivity contribution in [2.45, 2.75) is 71.1 Å². The van der Waals surface area contributed by atoms with Gasteiger partial charge in [0.15, 0.2) is 0 Å². The lowest BCUT2D eigenvalue weighted by Crippen LogP contribution is -2.60. The predicted octanol–water partition coefficient (Wildman–Crippen LogP) is 2.05. The molecule has 4 aliphatic heterocycles. The number of carbonyl (C=O) groups is 1. The van der Waals surface area contributed by atoms with Crippen molar-refractivity contribution in [3.63, 3.8) is 0 Å². The average molecular weight is 293 g/mol. The first kappa shape index (κ1) is 15.3. The van der Waals surface area contributed by atoms with E-state index in [2.05, 4.69) is 35.9 Å². The Kier molecular flexibility index (Phi) is 4.55. The monoisotopic (exact) mass is 293 g/mol. The van der Waals surface area contributed by atoms with Gasteiger partial charge < -0.3 is 9.80 Å². The van der Waals surface area contributed by atoms with E-state index in [1.165, 1.54) is 25.9 Å². The van der Waals surface area contributed by atoms with Crippen LogP contribution in [0.15, 0.2) is 0 Å². The number of piperidine rings is 3. The molecular formula is C17H31N3O. The molecule has 1 N–H and O–H groups in total. The van der Waals surface area contributed by atoms with Crippen LogP contribution < -0.4 is 5.32 Å². The number of nitrogens with one attached hydrogen (secondary N) is 1. The molecule has 2 bridgehead atoms. The number of hydrogen-bond donors (Lipinski definition) is 1. The maximum atomic E-state index is 12.9. The highest BCUT2D eigenvalue weighted by molar-refractivity contribution is 5.84.